The first-order valence-corrected chi connectivity index (χ1v) is 5.25. The summed E-state index contributed by atoms with van der Waals surface area (Å²) in [7, 11) is 0. The SMILES string of the molecule is O=C1C[C@@H](NC(=O)c2ccc(Cl)cc2)C(=O)O1. The standard InChI is InChI=1S/C11H8ClNO4/c12-7-3-1-6(2-4-7)10(15)13-8-5-9(14)17-11(8)16/h1-4,8H,5H2,(H,13,15)/t8-/m1/s1. The molecule has 0 aromatic heterocycles. The van der Waals surface area contributed by atoms with Crippen molar-refractivity contribution in [2.24, 2.45) is 0 Å². The molecule has 2 rings (SSSR count). The normalized spacial score (nSPS) is 19.0. The van der Waals surface area contributed by atoms with Gasteiger partial charge >= 0.3 is 11.9 Å². The molecule has 88 valence electrons. The molecule has 1 aromatic carbocycles. The van der Waals surface area contributed by atoms with Gasteiger partial charge in [0, 0.05) is 10.6 Å². The second kappa shape index (κ2) is 4.55. The molecule has 1 saturated heterocycles. The highest BCUT2D eigenvalue weighted by Crippen LogP contribution is 2.12. The molecule has 1 amide bonds. The Morgan fingerprint density at radius 1 is 1.29 bits per heavy atom. The van der Waals surface area contributed by atoms with Crippen LogP contribution in [0.2, 0.25) is 5.02 Å². The van der Waals surface area contributed by atoms with Gasteiger partial charge < -0.3 is 10.1 Å². The summed E-state index contributed by atoms with van der Waals surface area (Å²) >= 11 is 5.68. The van der Waals surface area contributed by atoms with Gasteiger partial charge in [0.1, 0.15) is 6.04 Å². The highest BCUT2D eigenvalue weighted by atomic mass is 35.5. The average Bonchev–Trinajstić information content (AvgIpc) is 2.58. The van der Waals surface area contributed by atoms with E-state index in [-0.39, 0.29) is 6.42 Å². The number of hydrogen-bond acceptors (Lipinski definition) is 4. The van der Waals surface area contributed by atoms with Gasteiger partial charge in [-0.15, -0.1) is 0 Å². The minimum atomic E-state index is -0.898. The summed E-state index contributed by atoms with van der Waals surface area (Å²) < 4.78 is 4.32. The number of amides is 1. The molecule has 17 heavy (non-hydrogen) atoms. The Morgan fingerprint density at radius 3 is 2.47 bits per heavy atom. The second-order valence-electron chi connectivity index (χ2n) is 3.53. The fraction of sp³-hybridized carbons (Fsp3) is 0.182. The number of halogens is 1. The number of esters is 2. The van der Waals surface area contributed by atoms with Crippen molar-refractivity contribution in [2.45, 2.75) is 12.5 Å². The predicted molar refractivity (Wildman–Crippen MR) is 58.4 cm³/mol. The molecule has 0 aliphatic carbocycles. The zero-order chi connectivity index (χ0) is 12.4. The largest absolute Gasteiger partial charge is 0.392 e. The molecule has 6 heteroatoms. The fourth-order valence-corrected chi connectivity index (χ4v) is 1.55. The summed E-state index contributed by atoms with van der Waals surface area (Å²) in [5, 5.41) is 2.93. The highest BCUT2D eigenvalue weighted by molar-refractivity contribution is 6.30. The molecule has 5 nitrogen and oxygen atoms in total. The molecule has 1 aromatic rings. The van der Waals surface area contributed by atoms with Crippen molar-refractivity contribution in [1.82, 2.24) is 5.32 Å². The number of carbonyl (C=O) groups is 3. The molecule has 1 atom stereocenters. The number of ether oxygens (including phenoxy) is 1. The number of nitrogens with one attached hydrogen (secondary N) is 1. The van der Waals surface area contributed by atoms with E-state index in [1.807, 2.05) is 0 Å². The molecule has 0 bridgehead atoms. The Kier molecular flexibility index (Phi) is 3.10. The van der Waals surface area contributed by atoms with Crippen molar-refractivity contribution < 1.29 is 19.1 Å². The molecule has 1 heterocycles. The third-order valence-corrected chi connectivity index (χ3v) is 2.53. The summed E-state index contributed by atoms with van der Waals surface area (Å²) in [5.74, 6) is -1.80. The lowest BCUT2D eigenvalue weighted by molar-refractivity contribution is -0.152. The van der Waals surface area contributed by atoms with E-state index in [0.29, 0.717) is 10.6 Å². The number of cyclic esters (lactones) is 2. The lowest BCUT2D eigenvalue weighted by Gasteiger charge is -2.07. The van der Waals surface area contributed by atoms with Gasteiger partial charge in [-0.05, 0) is 24.3 Å². The number of hydrogen-bond donors (Lipinski definition) is 1. The summed E-state index contributed by atoms with van der Waals surface area (Å²) in [6, 6.07) is 5.29. The van der Waals surface area contributed by atoms with Crippen LogP contribution >= 0.6 is 11.6 Å². The summed E-state index contributed by atoms with van der Waals surface area (Å²) in [6.07, 6.45) is -0.127. The highest BCUT2D eigenvalue weighted by Gasteiger charge is 2.34. The Hall–Kier alpha value is -1.88. The maximum absolute atomic E-state index is 11.7. The van der Waals surface area contributed by atoms with Gasteiger partial charge in [-0.1, -0.05) is 11.6 Å². The number of carbonyl (C=O) groups excluding carboxylic acids is 3. The van der Waals surface area contributed by atoms with E-state index >= 15 is 0 Å². The molecule has 1 fully saturated rings. The Labute approximate surface area is 102 Å². The topological polar surface area (TPSA) is 72.5 Å². The quantitative estimate of drug-likeness (QED) is 0.628. The molecular formula is C11H8ClNO4. The summed E-state index contributed by atoms with van der Waals surface area (Å²) in [5.41, 5.74) is 0.363. The predicted octanol–water partition coefficient (Wildman–Crippen LogP) is 0.912. The van der Waals surface area contributed by atoms with E-state index in [9.17, 15) is 14.4 Å². The molecule has 0 spiro atoms. The van der Waals surface area contributed by atoms with Crippen molar-refractivity contribution >= 4 is 29.4 Å². The van der Waals surface area contributed by atoms with Crippen LogP contribution in [0.15, 0.2) is 24.3 Å². The molecule has 0 saturated carbocycles. The van der Waals surface area contributed by atoms with Gasteiger partial charge in [0.2, 0.25) is 0 Å². The van der Waals surface area contributed by atoms with Crippen LogP contribution in [0.3, 0.4) is 0 Å². The first-order valence-electron chi connectivity index (χ1n) is 4.87. The van der Waals surface area contributed by atoms with Crippen molar-refractivity contribution in [1.29, 1.82) is 0 Å². The van der Waals surface area contributed by atoms with Gasteiger partial charge in [0.25, 0.3) is 5.91 Å². The summed E-state index contributed by atoms with van der Waals surface area (Å²) in [6.45, 7) is 0. The molecule has 1 aliphatic rings. The molecule has 0 unspecified atom stereocenters. The minimum Gasteiger partial charge on any atom is -0.392 e. The van der Waals surface area contributed by atoms with E-state index in [0.717, 1.165) is 0 Å². The van der Waals surface area contributed by atoms with Crippen LogP contribution in [0.1, 0.15) is 16.8 Å². The smallest absolute Gasteiger partial charge is 0.336 e. The Balaban J connectivity index is 2.04. The molecule has 1 N–H and O–H groups in total. The average molecular weight is 254 g/mol. The van der Waals surface area contributed by atoms with Crippen LogP contribution in [-0.4, -0.2) is 23.9 Å². The zero-order valence-electron chi connectivity index (χ0n) is 8.60. The third kappa shape index (κ3) is 2.62. The van der Waals surface area contributed by atoms with Crippen molar-refractivity contribution in [2.75, 3.05) is 0 Å². The van der Waals surface area contributed by atoms with Gasteiger partial charge in [-0.2, -0.15) is 0 Å². The van der Waals surface area contributed by atoms with Crippen LogP contribution in [0.25, 0.3) is 0 Å². The van der Waals surface area contributed by atoms with Crippen LogP contribution in [0.4, 0.5) is 0 Å². The third-order valence-electron chi connectivity index (χ3n) is 2.28. The molecule has 1 aliphatic heterocycles. The van der Waals surface area contributed by atoms with Crippen LogP contribution < -0.4 is 5.32 Å². The second-order valence-corrected chi connectivity index (χ2v) is 3.97. The first kappa shape index (κ1) is 11.6. The monoisotopic (exact) mass is 253 g/mol. The van der Waals surface area contributed by atoms with Crippen LogP contribution in [-0.2, 0) is 14.3 Å². The van der Waals surface area contributed by atoms with E-state index in [1.54, 1.807) is 12.1 Å². The van der Waals surface area contributed by atoms with E-state index in [2.05, 4.69) is 10.1 Å². The maximum atomic E-state index is 11.7. The number of rotatable bonds is 2. The number of benzene rings is 1. The zero-order valence-corrected chi connectivity index (χ0v) is 9.36. The van der Waals surface area contributed by atoms with Gasteiger partial charge in [-0.25, -0.2) is 4.79 Å². The fourth-order valence-electron chi connectivity index (χ4n) is 1.43. The minimum absolute atomic E-state index is 0.127. The Morgan fingerprint density at radius 2 is 1.94 bits per heavy atom. The Bertz CT molecular complexity index is 483. The maximum Gasteiger partial charge on any atom is 0.336 e. The van der Waals surface area contributed by atoms with Gasteiger partial charge in [-0.3, -0.25) is 9.59 Å². The lowest BCUT2D eigenvalue weighted by atomic mass is 10.2. The van der Waals surface area contributed by atoms with Crippen molar-refractivity contribution in [3.8, 4) is 0 Å². The lowest BCUT2D eigenvalue weighted by Crippen LogP contribution is -2.37. The van der Waals surface area contributed by atoms with Gasteiger partial charge in [0.05, 0.1) is 6.42 Å². The van der Waals surface area contributed by atoms with Gasteiger partial charge in [0.15, 0.2) is 0 Å². The van der Waals surface area contributed by atoms with Crippen LogP contribution in [0, 0.1) is 0 Å². The molecular weight excluding hydrogens is 246 g/mol. The molecule has 0 radical (unpaired) electrons. The summed E-state index contributed by atoms with van der Waals surface area (Å²) in [4.78, 5) is 33.6. The van der Waals surface area contributed by atoms with E-state index < -0.39 is 23.9 Å². The van der Waals surface area contributed by atoms with E-state index in [1.165, 1.54) is 12.1 Å². The van der Waals surface area contributed by atoms with E-state index in [4.69, 9.17) is 11.6 Å². The first-order chi connectivity index (χ1) is 8.06. The van der Waals surface area contributed by atoms with Crippen molar-refractivity contribution in [3.63, 3.8) is 0 Å². The van der Waals surface area contributed by atoms with Crippen molar-refractivity contribution in [3.05, 3.63) is 34.9 Å². The van der Waals surface area contributed by atoms with Crippen LogP contribution in [0.5, 0.6) is 0 Å².